The number of carboxylic acid groups (broad SMARTS) is 1. The Bertz CT molecular complexity index is 738. The first kappa shape index (κ1) is 17.1. The van der Waals surface area contributed by atoms with E-state index >= 15 is 0 Å². The van der Waals surface area contributed by atoms with Gasteiger partial charge in [-0.2, -0.15) is 0 Å². The van der Waals surface area contributed by atoms with Gasteiger partial charge in [0.15, 0.2) is 5.75 Å². The predicted molar refractivity (Wildman–Crippen MR) is 86.4 cm³/mol. The third-order valence-electron chi connectivity index (χ3n) is 2.91. The topological polar surface area (TPSA) is 78.5 Å². The minimum absolute atomic E-state index is 0.0365. The first-order chi connectivity index (χ1) is 10.9. The Morgan fingerprint density at radius 2 is 1.78 bits per heavy atom. The molecular formula is C16H12Cl2NO4-. The Kier molecular flexibility index (Phi) is 5.47. The molecule has 0 radical (unpaired) electrons. The van der Waals surface area contributed by atoms with Crippen LogP contribution in [0.4, 0.5) is 5.69 Å². The number of amides is 1. The van der Waals surface area contributed by atoms with Gasteiger partial charge >= 0.3 is 0 Å². The maximum atomic E-state index is 12.2. The molecule has 0 bridgehead atoms. The lowest BCUT2D eigenvalue weighted by Gasteiger charge is -2.11. The molecule has 0 unspecified atom stereocenters. The van der Waals surface area contributed by atoms with Crippen LogP contribution in [0.1, 0.15) is 27.6 Å². The monoisotopic (exact) mass is 352 g/mol. The highest BCUT2D eigenvalue weighted by Gasteiger charge is 2.14. The van der Waals surface area contributed by atoms with E-state index in [1.165, 1.54) is 30.3 Å². The van der Waals surface area contributed by atoms with Crippen molar-refractivity contribution in [2.24, 2.45) is 0 Å². The zero-order chi connectivity index (χ0) is 17.0. The molecule has 0 aliphatic rings. The van der Waals surface area contributed by atoms with E-state index in [1.807, 2.05) is 0 Å². The molecule has 7 heteroatoms. The smallest absolute Gasteiger partial charge is 0.255 e. The fraction of sp³-hybridized carbons (Fsp3) is 0.125. The summed E-state index contributed by atoms with van der Waals surface area (Å²) in [7, 11) is 0. The lowest BCUT2D eigenvalue weighted by molar-refractivity contribution is -0.255. The molecule has 0 atom stereocenters. The van der Waals surface area contributed by atoms with E-state index in [-0.39, 0.29) is 21.2 Å². The van der Waals surface area contributed by atoms with E-state index < -0.39 is 11.9 Å². The number of carbonyl (C=O) groups is 2. The van der Waals surface area contributed by atoms with Crippen LogP contribution in [0.25, 0.3) is 0 Å². The average Bonchev–Trinajstić information content (AvgIpc) is 2.51. The van der Waals surface area contributed by atoms with Gasteiger partial charge in [-0.25, -0.2) is 0 Å². The highest BCUT2D eigenvalue weighted by Crippen LogP contribution is 2.34. The van der Waals surface area contributed by atoms with Crippen LogP contribution in [-0.4, -0.2) is 18.5 Å². The second-order valence-electron chi connectivity index (χ2n) is 4.52. The van der Waals surface area contributed by atoms with Crippen LogP contribution in [0.5, 0.6) is 5.75 Å². The van der Waals surface area contributed by atoms with Crippen LogP contribution in [0.2, 0.25) is 10.0 Å². The molecule has 0 aliphatic carbocycles. The van der Waals surface area contributed by atoms with E-state index in [4.69, 9.17) is 27.9 Å². The van der Waals surface area contributed by atoms with Crippen molar-refractivity contribution in [3.8, 4) is 5.75 Å². The van der Waals surface area contributed by atoms with Gasteiger partial charge in [0.1, 0.15) is 0 Å². The Morgan fingerprint density at radius 3 is 2.35 bits per heavy atom. The number of carboxylic acids is 1. The van der Waals surface area contributed by atoms with Gasteiger partial charge in [0.25, 0.3) is 5.91 Å². The molecule has 23 heavy (non-hydrogen) atoms. The summed E-state index contributed by atoms with van der Waals surface area (Å²) in [5.74, 6) is -1.49. The molecule has 0 spiro atoms. The van der Waals surface area contributed by atoms with Gasteiger partial charge in [0, 0.05) is 11.3 Å². The Labute approximate surface area is 142 Å². The summed E-state index contributed by atoms with van der Waals surface area (Å²) in [4.78, 5) is 23.1. The maximum Gasteiger partial charge on any atom is 0.255 e. The van der Waals surface area contributed by atoms with Crippen molar-refractivity contribution in [2.75, 3.05) is 11.9 Å². The normalized spacial score (nSPS) is 10.2. The number of ether oxygens (including phenoxy) is 1. The van der Waals surface area contributed by atoms with Crippen LogP contribution >= 0.6 is 23.2 Å². The number of carbonyl (C=O) groups excluding carboxylic acids is 2. The molecular weight excluding hydrogens is 341 g/mol. The number of hydrogen-bond donors (Lipinski definition) is 1. The lowest BCUT2D eigenvalue weighted by Crippen LogP contribution is -2.22. The lowest BCUT2D eigenvalue weighted by atomic mass is 10.1. The zero-order valence-electron chi connectivity index (χ0n) is 12.1. The van der Waals surface area contributed by atoms with E-state index in [0.29, 0.717) is 18.0 Å². The van der Waals surface area contributed by atoms with E-state index in [9.17, 15) is 14.7 Å². The number of benzene rings is 2. The minimum atomic E-state index is -1.33. The molecule has 5 nitrogen and oxygen atoms in total. The molecule has 0 heterocycles. The summed E-state index contributed by atoms with van der Waals surface area (Å²) >= 11 is 12.1. The number of hydrogen-bond acceptors (Lipinski definition) is 4. The molecule has 0 saturated heterocycles. The Morgan fingerprint density at radius 1 is 1.13 bits per heavy atom. The van der Waals surface area contributed by atoms with Gasteiger partial charge in [0.05, 0.1) is 22.6 Å². The van der Waals surface area contributed by atoms with Gasteiger partial charge in [0.2, 0.25) is 0 Å². The second kappa shape index (κ2) is 7.35. The van der Waals surface area contributed by atoms with Crippen LogP contribution in [0.3, 0.4) is 0 Å². The molecule has 2 aromatic rings. The largest absolute Gasteiger partial charge is 0.545 e. The SMILES string of the molecule is CCOc1c(Cl)cc(C(=O)Nc2cccc(C(=O)[O-])c2)cc1Cl. The highest BCUT2D eigenvalue weighted by atomic mass is 35.5. The van der Waals surface area contributed by atoms with Crippen molar-refractivity contribution >= 4 is 40.8 Å². The molecule has 2 rings (SSSR count). The van der Waals surface area contributed by atoms with Gasteiger partial charge in [-0.05, 0) is 36.8 Å². The molecule has 120 valence electrons. The first-order valence-corrected chi connectivity index (χ1v) is 7.42. The molecule has 0 aromatic heterocycles. The third-order valence-corrected chi connectivity index (χ3v) is 3.47. The minimum Gasteiger partial charge on any atom is -0.545 e. The summed E-state index contributed by atoms with van der Waals surface area (Å²) in [6, 6.07) is 8.58. The summed E-state index contributed by atoms with van der Waals surface area (Å²) in [6.07, 6.45) is 0. The van der Waals surface area contributed by atoms with Crippen molar-refractivity contribution in [3.05, 3.63) is 57.6 Å². The number of rotatable bonds is 5. The van der Waals surface area contributed by atoms with Crippen molar-refractivity contribution in [1.82, 2.24) is 0 Å². The third kappa shape index (κ3) is 4.15. The Hall–Kier alpha value is -2.24. The summed E-state index contributed by atoms with van der Waals surface area (Å²) in [5.41, 5.74) is 0.505. The van der Waals surface area contributed by atoms with Gasteiger partial charge in [-0.15, -0.1) is 0 Å². The zero-order valence-corrected chi connectivity index (χ0v) is 13.6. The number of nitrogens with one attached hydrogen (secondary N) is 1. The molecule has 0 fully saturated rings. The maximum absolute atomic E-state index is 12.2. The van der Waals surface area contributed by atoms with Crippen LogP contribution < -0.4 is 15.2 Å². The van der Waals surface area contributed by atoms with E-state index in [2.05, 4.69) is 5.32 Å². The Balaban J connectivity index is 2.24. The van der Waals surface area contributed by atoms with E-state index in [0.717, 1.165) is 0 Å². The van der Waals surface area contributed by atoms with Gasteiger partial charge in [-0.3, -0.25) is 4.79 Å². The fourth-order valence-corrected chi connectivity index (χ4v) is 2.50. The molecule has 1 N–H and O–H groups in total. The van der Waals surface area contributed by atoms with Gasteiger partial charge in [-0.1, -0.05) is 35.3 Å². The van der Waals surface area contributed by atoms with Crippen LogP contribution in [0, 0.1) is 0 Å². The molecule has 0 saturated carbocycles. The molecule has 1 amide bonds. The second-order valence-corrected chi connectivity index (χ2v) is 5.34. The van der Waals surface area contributed by atoms with Crippen LogP contribution in [-0.2, 0) is 0 Å². The number of aromatic carboxylic acids is 1. The number of anilines is 1. The van der Waals surface area contributed by atoms with Crippen molar-refractivity contribution in [1.29, 1.82) is 0 Å². The summed E-state index contributed by atoms with van der Waals surface area (Å²) in [6.45, 7) is 2.18. The molecule has 2 aromatic carbocycles. The van der Waals surface area contributed by atoms with Crippen LogP contribution in [0.15, 0.2) is 36.4 Å². The highest BCUT2D eigenvalue weighted by molar-refractivity contribution is 6.37. The number of halogens is 2. The van der Waals surface area contributed by atoms with Gasteiger partial charge < -0.3 is 20.0 Å². The average molecular weight is 353 g/mol. The van der Waals surface area contributed by atoms with Crippen molar-refractivity contribution in [2.45, 2.75) is 6.92 Å². The fourth-order valence-electron chi connectivity index (χ4n) is 1.90. The molecule has 0 aliphatic heterocycles. The van der Waals surface area contributed by atoms with Crippen molar-refractivity contribution in [3.63, 3.8) is 0 Å². The quantitative estimate of drug-likeness (QED) is 0.896. The van der Waals surface area contributed by atoms with E-state index in [1.54, 1.807) is 13.0 Å². The summed E-state index contributed by atoms with van der Waals surface area (Å²) < 4.78 is 5.29. The predicted octanol–water partition coefficient (Wildman–Crippen LogP) is 3.01. The standard InChI is InChI=1S/C16H13Cl2NO4/c1-2-23-14-12(17)7-10(8-13(14)18)15(20)19-11-5-3-4-9(6-11)16(21)22/h3-8H,2H2,1H3,(H,19,20)(H,21,22)/p-1. The summed E-state index contributed by atoms with van der Waals surface area (Å²) in [5, 5.41) is 13.8. The first-order valence-electron chi connectivity index (χ1n) is 6.67. The van der Waals surface area contributed by atoms with Crippen molar-refractivity contribution < 1.29 is 19.4 Å².